The van der Waals surface area contributed by atoms with Crippen molar-refractivity contribution >= 4 is 11.9 Å². The van der Waals surface area contributed by atoms with Crippen molar-refractivity contribution in [1.82, 2.24) is 4.90 Å². The number of rotatable bonds is 40. The van der Waals surface area contributed by atoms with E-state index in [1.807, 2.05) is 0 Å². The lowest BCUT2D eigenvalue weighted by molar-refractivity contribution is -0.150. The molecule has 0 amide bonds. The van der Waals surface area contributed by atoms with Crippen LogP contribution >= 0.6 is 0 Å². The summed E-state index contributed by atoms with van der Waals surface area (Å²) in [6.45, 7) is 10.5. The van der Waals surface area contributed by atoms with Crippen LogP contribution in [-0.4, -0.2) is 60.9 Å². The van der Waals surface area contributed by atoms with Gasteiger partial charge in [-0.05, 0) is 82.7 Å². The lowest BCUT2D eigenvalue weighted by atomic mass is 10.0. The zero-order valence-corrected chi connectivity index (χ0v) is 34.4. The molecule has 0 aromatic heterocycles. The molecule has 0 spiro atoms. The largest absolute Gasteiger partial charge is 0.465 e. The minimum atomic E-state index is -0.00747. The van der Waals surface area contributed by atoms with Crippen molar-refractivity contribution in [2.75, 3.05) is 32.8 Å². The predicted molar refractivity (Wildman–Crippen MR) is 223 cm³/mol. The van der Waals surface area contributed by atoms with Gasteiger partial charge in [0.05, 0.1) is 13.2 Å². The highest BCUT2D eigenvalue weighted by atomic mass is 16.5. The third-order valence-electron chi connectivity index (χ3n) is 11.1. The van der Waals surface area contributed by atoms with Crippen LogP contribution in [0.2, 0.25) is 0 Å². The molecule has 0 bridgehead atoms. The fraction of sp³-hybridized carbons (Fsp3) is 0.957. The molecule has 2 atom stereocenters. The van der Waals surface area contributed by atoms with E-state index in [9.17, 15) is 14.7 Å². The molecule has 0 aromatic rings. The summed E-state index contributed by atoms with van der Waals surface area (Å²) < 4.78 is 11.6. The van der Waals surface area contributed by atoms with Crippen LogP contribution in [0.3, 0.4) is 0 Å². The molecule has 310 valence electrons. The van der Waals surface area contributed by atoms with Gasteiger partial charge < -0.3 is 19.5 Å². The summed E-state index contributed by atoms with van der Waals surface area (Å²) in [5, 5.41) is 9.56. The maximum Gasteiger partial charge on any atom is 0.306 e. The normalized spacial score (nSPS) is 15.3. The van der Waals surface area contributed by atoms with E-state index in [1.165, 1.54) is 128 Å². The van der Waals surface area contributed by atoms with Gasteiger partial charge >= 0.3 is 11.9 Å². The Hall–Kier alpha value is -1.14. The van der Waals surface area contributed by atoms with E-state index in [0.717, 1.165) is 89.8 Å². The molecule has 2 unspecified atom stereocenters. The van der Waals surface area contributed by atoms with E-state index in [4.69, 9.17) is 9.47 Å². The summed E-state index contributed by atoms with van der Waals surface area (Å²) in [6, 6.07) is 0. The fourth-order valence-corrected chi connectivity index (χ4v) is 7.53. The summed E-state index contributed by atoms with van der Waals surface area (Å²) in [7, 11) is 0. The first-order valence-corrected chi connectivity index (χ1v) is 22.7. The van der Waals surface area contributed by atoms with Gasteiger partial charge in [-0.15, -0.1) is 0 Å². The topological polar surface area (TPSA) is 76.1 Å². The standard InChI is InChI=1S/C45H87NO5.CH4/c1-4-7-10-13-17-24-31-43(32-25-18-14-11-8-5-2)51-45(49)34-27-20-16-22-29-36-46(37-38-47)35-28-21-15-19-26-33-44(48)50-40-42-39-41(42)30-23-12-9-6-3;/h41-43,47H,4-40H2,1-3H3;1H4. The Kier molecular flexibility index (Phi) is 37.3. The lowest BCUT2D eigenvalue weighted by Gasteiger charge is -2.21. The van der Waals surface area contributed by atoms with Gasteiger partial charge in [0.15, 0.2) is 0 Å². The highest BCUT2D eigenvalue weighted by Crippen LogP contribution is 2.42. The monoisotopic (exact) mass is 738 g/mol. The van der Waals surface area contributed by atoms with E-state index < -0.39 is 0 Å². The Morgan fingerprint density at radius 2 is 1.00 bits per heavy atom. The zero-order valence-electron chi connectivity index (χ0n) is 34.4. The summed E-state index contributed by atoms with van der Waals surface area (Å²) in [4.78, 5) is 27.2. The molecule has 0 saturated heterocycles. The van der Waals surface area contributed by atoms with Crippen molar-refractivity contribution in [1.29, 1.82) is 0 Å². The number of aliphatic hydroxyl groups excluding tert-OH is 1. The summed E-state index contributed by atoms with van der Waals surface area (Å²) >= 11 is 0. The van der Waals surface area contributed by atoms with Gasteiger partial charge in [-0.3, -0.25) is 9.59 Å². The smallest absolute Gasteiger partial charge is 0.306 e. The Labute approximate surface area is 324 Å². The van der Waals surface area contributed by atoms with Crippen LogP contribution < -0.4 is 0 Å². The van der Waals surface area contributed by atoms with Crippen LogP contribution in [0.1, 0.15) is 234 Å². The molecule has 1 aliphatic carbocycles. The molecular formula is C46H91NO5. The van der Waals surface area contributed by atoms with Crippen molar-refractivity contribution in [3.63, 3.8) is 0 Å². The Balaban J connectivity index is 0.0000260. The maximum absolute atomic E-state index is 12.7. The molecule has 1 N–H and O–H groups in total. The van der Waals surface area contributed by atoms with Crippen LogP contribution in [0, 0.1) is 11.8 Å². The molecule has 1 saturated carbocycles. The van der Waals surface area contributed by atoms with Gasteiger partial charge in [-0.1, -0.05) is 163 Å². The summed E-state index contributed by atoms with van der Waals surface area (Å²) in [5.74, 6) is 1.44. The molecule has 0 heterocycles. The second kappa shape index (κ2) is 38.1. The second-order valence-corrected chi connectivity index (χ2v) is 16.1. The lowest BCUT2D eigenvalue weighted by Crippen LogP contribution is -2.29. The molecule has 1 aliphatic rings. The first-order chi connectivity index (χ1) is 25.0. The quantitative estimate of drug-likeness (QED) is 0.0498. The Morgan fingerprint density at radius 3 is 1.52 bits per heavy atom. The van der Waals surface area contributed by atoms with Crippen molar-refractivity contribution < 1.29 is 24.2 Å². The van der Waals surface area contributed by atoms with Crippen molar-refractivity contribution in [3.05, 3.63) is 0 Å². The van der Waals surface area contributed by atoms with E-state index in [1.54, 1.807) is 0 Å². The highest BCUT2D eigenvalue weighted by Gasteiger charge is 2.37. The van der Waals surface area contributed by atoms with Crippen molar-refractivity contribution in [3.8, 4) is 0 Å². The number of hydrogen-bond donors (Lipinski definition) is 1. The molecule has 52 heavy (non-hydrogen) atoms. The first kappa shape index (κ1) is 50.9. The third-order valence-corrected chi connectivity index (χ3v) is 11.1. The Morgan fingerprint density at radius 1 is 0.558 bits per heavy atom. The molecule has 6 heteroatoms. The van der Waals surface area contributed by atoms with E-state index in [2.05, 4.69) is 25.7 Å². The maximum atomic E-state index is 12.7. The van der Waals surface area contributed by atoms with Crippen LogP contribution in [0.5, 0.6) is 0 Å². The van der Waals surface area contributed by atoms with Gasteiger partial charge in [0, 0.05) is 19.4 Å². The number of hydrogen-bond acceptors (Lipinski definition) is 6. The van der Waals surface area contributed by atoms with Gasteiger partial charge in [-0.25, -0.2) is 0 Å². The van der Waals surface area contributed by atoms with Crippen molar-refractivity contribution in [2.45, 2.75) is 240 Å². The fourth-order valence-electron chi connectivity index (χ4n) is 7.53. The van der Waals surface area contributed by atoms with Gasteiger partial charge in [-0.2, -0.15) is 0 Å². The molecule has 1 rings (SSSR count). The third kappa shape index (κ3) is 32.3. The minimum absolute atomic E-state index is 0. The summed E-state index contributed by atoms with van der Waals surface area (Å²) in [6.07, 6.45) is 37.6. The van der Waals surface area contributed by atoms with Crippen LogP contribution in [0.25, 0.3) is 0 Å². The van der Waals surface area contributed by atoms with E-state index in [-0.39, 0.29) is 32.1 Å². The highest BCUT2D eigenvalue weighted by molar-refractivity contribution is 5.69. The number of esters is 2. The number of unbranched alkanes of at least 4 members (excludes halogenated alkanes) is 21. The average molecular weight is 738 g/mol. The number of carbonyl (C=O) groups is 2. The summed E-state index contributed by atoms with van der Waals surface area (Å²) in [5.41, 5.74) is 0. The molecule has 6 nitrogen and oxygen atoms in total. The number of nitrogens with zero attached hydrogens (tertiary/aromatic N) is 1. The van der Waals surface area contributed by atoms with Gasteiger partial charge in [0.2, 0.25) is 0 Å². The van der Waals surface area contributed by atoms with Crippen molar-refractivity contribution in [2.24, 2.45) is 11.8 Å². The number of aliphatic hydroxyl groups is 1. The second-order valence-electron chi connectivity index (χ2n) is 16.1. The zero-order chi connectivity index (χ0) is 37.0. The molecule has 0 radical (unpaired) electrons. The molecule has 0 aliphatic heterocycles. The van der Waals surface area contributed by atoms with Crippen LogP contribution in [-0.2, 0) is 19.1 Å². The van der Waals surface area contributed by atoms with Gasteiger partial charge in [0.25, 0.3) is 0 Å². The molecule has 1 fully saturated rings. The number of ether oxygens (including phenoxy) is 2. The Bertz CT molecular complexity index is 760. The minimum Gasteiger partial charge on any atom is -0.465 e. The molecule has 0 aromatic carbocycles. The molecular weight excluding hydrogens is 647 g/mol. The first-order valence-electron chi connectivity index (χ1n) is 22.7. The van der Waals surface area contributed by atoms with Crippen LogP contribution in [0.4, 0.5) is 0 Å². The number of carbonyl (C=O) groups excluding carboxylic acids is 2. The predicted octanol–water partition coefficient (Wildman–Crippen LogP) is 13.2. The average Bonchev–Trinajstić information content (AvgIpc) is 3.89. The van der Waals surface area contributed by atoms with E-state index in [0.29, 0.717) is 25.4 Å². The van der Waals surface area contributed by atoms with Crippen LogP contribution in [0.15, 0.2) is 0 Å². The SMILES string of the molecule is C.CCCCCCCCC(CCCCCCCC)OC(=O)CCCCCCCN(CCO)CCCCCCCC(=O)OCC1CC1CCCCCC. The van der Waals surface area contributed by atoms with E-state index >= 15 is 0 Å². The van der Waals surface area contributed by atoms with Gasteiger partial charge in [0.1, 0.15) is 6.10 Å².